The van der Waals surface area contributed by atoms with Crippen LogP contribution in [0, 0.1) is 19.3 Å². The molecule has 0 saturated heterocycles. The highest BCUT2D eigenvalue weighted by Crippen LogP contribution is 2.16. The number of carbonyl (C=O) groups excluding carboxylic acids is 1. The minimum absolute atomic E-state index is 0.131. The van der Waals surface area contributed by atoms with Gasteiger partial charge in [-0.3, -0.25) is 4.79 Å². The summed E-state index contributed by atoms with van der Waals surface area (Å²) in [6, 6.07) is 18.1. The molecule has 3 aromatic rings. The van der Waals surface area contributed by atoms with E-state index < -0.39 is 0 Å². The van der Waals surface area contributed by atoms with Crippen molar-refractivity contribution in [2.24, 2.45) is 0 Å². The van der Waals surface area contributed by atoms with Crippen molar-refractivity contribution in [1.29, 1.82) is 0 Å². The lowest BCUT2D eigenvalue weighted by atomic mass is 10.1. The minimum atomic E-state index is -0.365. The summed E-state index contributed by atoms with van der Waals surface area (Å²) >= 11 is 0. The van der Waals surface area contributed by atoms with Crippen molar-refractivity contribution in [2.75, 3.05) is 6.54 Å². The van der Waals surface area contributed by atoms with Crippen LogP contribution in [0.1, 0.15) is 27.6 Å². The Morgan fingerprint density at radius 2 is 1.85 bits per heavy atom. The van der Waals surface area contributed by atoms with E-state index in [1.807, 2.05) is 49.4 Å². The summed E-state index contributed by atoms with van der Waals surface area (Å²) in [6.07, 6.45) is 6.69. The Hall–Kier alpha value is -3.39. The standard InChI is InChI=1S/C21H20N4O/c1-3-15-22-21(26)20-23-19(14-13-17-10-5-4-6-11-17)25(24-20)18-12-8-7-9-16(18)2/h1,4-12H,13-15H2,2H3,(H,22,26). The number of hydrogen-bond donors (Lipinski definition) is 1. The second-order valence-electron chi connectivity index (χ2n) is 5.92. The van der Waals surface area contributed by atoms with E-state index in [9.17, 15) is 4.79 Å². The Kier molecular flexibility index (Phi) is 5.45. The third-order valence-corrected chi connectivity index (χ3v) is 4.05. The van der Waals surface area contributed by atoms with Crippen LogP contribution in [-0.4, -0.2) is 27.2 Å². The average molecular weight is 344 g/mol. The summed E-state index contributed by atoms with van der Waals surface area (Å²) in [6.45, 7) is 2.16. The van der Waals surface area contributed by atoms with Gasteiger partial charge in [0.25, 0.3) is 5.91 Å². The Morgan fingerprint density at radius 3 is 2.58 bits per heavy atom. The SMILES string of the molecule is C#CCNC(=O)c1nc(CCc2ccccc2)n(-c2ccccc2C)n1. The first kappa shape index (κ1) is 17.4. The van der Waals surface area contributed by atoms with E-state index in [0.717, 1.165) is 23.5 Å². The van der Waals surface area contributed by atoms with E-state index in [4.69, 9.17) is 6.42 Å². The molecular weight excluding hydrogens is 324 g/mol. The number of aromatic nitrogens is 3. The zero-order valence-electron chi connectivity index (χ0n) is 14.6. The van der Waals surface area contributed by atoms with Crippen LogP contribution in [-0.2, 0) is 12.8 Å². The first-order valence-corrected chi connectivity index (χ1v) is 8.46. The first-order valence-electron chi connectivity index (χ1n) is 8.46. The molecule has 0 fully saturated rings. The maximum absolute atomic E-state index is 12.2. The van der Waals surface area contributed by atoms with Crippen LogP contribution in [0.2, 0.25) is 0 Å². The number of hydrogen-bond acceptors (Lipinski definition) is 3. The molecule has 0 spiro atoms. The lowest BCUT2D eigenvalue weighted by Gasteiger charge is -2.08. The number of carbonyl (C=O) groups is 1. The van der Waals surface area contributed by atoms with E-state index in [2.05, 4.69) is 33.5 Å². The van der Waals surface area contributed by atoms with Gasteiger partial charge in [-0.25, -0.2) is 9.67 Å². The highest BCUT2D eigenvalue weighted by Gasteiger charge is 2.17. The molecule has 0 atom stereocenters. The molecule has 2 aromatic carbocycles. The van der Waals surface area contributed by atoms with Crippen molar-refractivity contribution >= 4 is 5.91 Å². The van der Waals surface area contributed by atoms with Crippen LogP contribution >= 0.6 is 0 Å². The molecule has 1 heterocycles. The molecule has 5 heteroatoms. The van der Waals surface area contributed by atoms with Crippen molar-refractivity contribution in [2.45, 2.75) is 19.8 Å². The summed E-state index contributed by atoms with van der Waals surface area (Å²) < 4.78 is 1.75. The molecule has 0 radical (unpaired) electrons. The number of nitrogens with one attached hydrogen (secondary N) is 1. The van der Waals surface area contributed by atoms with Crippen molar-refractivity contribution in [3.63, 3.8) is 0 Å². The van der Waals surface area contributed by atoms with Gasteiger partial charge >= 0.3 is 0 Å². The van der Waals surface area contributed by atoms with Crippen molar-refractivity contribution in [3.8, 4) is 18.0 Å². The van der Waals surface area contributed by atoms with Gasteiger partial charge < -0.3 is 5.32 Å². The molecule has 3 rings (SSSR count). The fourth-order valence-corrected chi connectivity index (χ4v) is 2.71. The summed E-state index contributed by atoms with van der Waals surface area (Å²) in [5.74, 6) is 2.89. The maximum Gasteiger partial charge on any atom is 0.291 e. The summed E-state index contributed by atoms with van der Waals surface area (Å²) in [4.78, 5) is 16.7. The smallest absolute Gasteiger partial charge is 0.291 e. The fraction of sp³-hybridized carbons (Fsp3) is 0.190. The highest BCUT2D eigenvalue weighted by molar-refractivity contribution is 5.90. The molecule has 0 aliphatic heterocycles. The van der Waals surface area contributed by atoms with Gasteiger partial charge in [0.15, 0.2) is 0 Å². The predicted molar refractivity (Wildman–Crippen MR) is 101 cm³/mol. The van der Waals surface area contributed by atoms with Gasteiger partial charge in [0.1, 0.15) is 5.82 Å². The molecule has 1 N–H and O–H groups in total. The quantitative estimate of drug-likeness (QED) is 0.700. The van der Waals surface area contributed by atoms with E-state index in [-0.39, 0.29) is 18.3 Å². The van der Waals surface area contributed by atoms with E-state index in [0.29, 0.717) is 6.42 Å². The van der Waals surface area contributed by atoms with Gasteiger partial charge in [-0.2, -0.15) is 0 Å². The topological polar surface area (TPSA) is 59.8 Å². The number of rotatable bonds is 6. The Balaban J connectivity index is 1.92. The van der Waals surface area contributed by atoms with Gasteiger partial charge in [-0.1, -0.05) is 54.5 Å². The Labute approximate surface area is 153 Å². The molecule has 0 saturated carbocycles. The second-order valence-corrected chi connectivity index (χ2v) is 5.92. The largest absolute Gasteiger partial charge is 0.338 e. The van der Waals surface area contributed by atoms with Crippen molar-refractivity contribution in [3.05, 3.63) is 77.4 Å². The molecule has 1 amide bonds. The molecule has 0 unspecified atom stereocenters. The van der Waals surface area contributed by atoms with Crippen LogP contribution < -0.4 is 5.32 Å². The Bertz CT molecular complexity index is 938. The molecule has 0 aliphatic rings. The number of terminal acetylenes is 1. The molecule has 0 aliphatic carbocycles. The Morgan fingerprint density at radius 1 is 1.12 bits per heavy atom. The molecule has 5 nitrogen and oxygen atoms in total. The zero-order valence-corrected chi connectivity index (χ0v) is 14.6. The van der Waals surface area contributed by atoms with Gasteiger partial charge in [0.2, 0.25) is 5.82 Å². The van der Waals surface area contributed by atoms with Crippen LogP contribution in [0.3, 0.4) is 0 Å². The third kappa shape index (κ3) is 3.98. The molecule has 26 heavy (non-hydrogen) atoms. The van der Waals surface area contributed by atoms with Crippen molar-refractivity contribution < 1.29 is 4.79 Å². The monoisotopic (exact) mass is 344 g/mol. The number of nitrogens with zero attached hydrogens (tertiary/aromatic N) is 3. The molecular formula is C21H20N4O. The fourth-order valence-electron chi connectivity index (χ4n) is 2.71. The normalized spacial score (nSPS) is 10.3. The van der Waals surface area contributed by atoms with Gasteiger partial charge in [-0.15, -0.1) is 11.5 Å². The van der Waals surface area contributed by atoms with E-state index in [1.165, 1.54) is 5.56 Å². The van der Waals surface area contributed by atoms with Gasteiger partial charge in [0, 0.05) is 6.42 Å². The number of benzene rings is 2. The van der Waals surface area contributed by atoms with Crippen LogP contribution in [0.15, 0.2) is 54.6 Å². The van der Waals surface area contributed by atoms with Crippen LogP contribution in [0.4, 0.5) is 0 Å². The average Bonchev–Trinajstić information content (AvgIpc) is 3.10. The predicted octanol–water partition coefficient (Wildman–Crippen LogP) is 2.72. The van der Waals surface area contributed by atoms with Crippen molar-refractivity contribution in [1.82, 2.24) is 20.1 Å². The number of aryl methyl sites for hydroxylation is 3. The lowest BCUT2D eigenvalue weighted by Crippen LogP contribution is -2.24. The van der Waals surface area contributed by atoms with Crippen LogP contribution in [0.25, 0.3) is 5.69 Å². The second kappa shape index (κ2) is 8.13. The highest BCUT2D eigenvalue weighted by atomic mass is 16.2. The number of para-hydroxylation sites is 1. The maximum atomic E-state index is 12.2. The third-order valence-electron chi connectivity index (χ3n) is 4.05. The molecule has 0 bridgehead atoms. The van der Waals surface area contributed by atoms with Crippen LogP contribution in [0.5, 0.6) is 0 Å². The van der Waals surface area contributed by atoms with E-state index in [1.54, 1.807) is 4.68 Å². The van der Waals surface area contributed by atoms with E-state index >= 15 is 0 Å². The summed E-state index contributed by atoms with van der Waals surface area (Å²) in [7, 11) is 0. The minimum Gasteiger partial charge on any atom is -0.338 e. The molecule has 1 aromatic heterocycles. The van der Waals surface area contributed by atoms with Gasteiger partial charge in [0.05, 0.1) is 12.2 Å². The lowest BCUT2D eigenvalue weighted by molar-refractivity contribution is 0.0948. The zero-order chi connectivity index (χ0) is 18.4. The number of amides is 1. The summed E-state index contributed by atoms with van der Waals surface area (Å²) in [5, 5.41) is 7.05. The first-order chi connectivity index (χ1) is 12.7. The molecule has 130 valence electrons. The summed E-state index contributed by atoms with van der Waals surface area (Å²) in [5.41, 5.74) is 3.19. The van der Waals surface area contributed by atoms with Gasteiger partial charge in [-0.05, 0) is 30.5 Å².